The van der Waals surface area contributed by atoms with Crippen LogP contribution in [0.1, 0.15) is 38.5 Å². The van der Waals surface area contributed by atoms with E-state index in [2.05, 4.69) is 15.9 Å². The fourth-order valence-electron chi connectivity index (χ4n) is 2.32. The second kappa shape index (κ2) is 4.95. The summed E-state index contributed by atoms with van der Waals surface area (Å²) in [7, 11) is 1.81. The second-order valence-corrected chi connectivity index (χ2v) is 5.77. The maximum atomic E-state index is 6.02. The maximum Gasteiger partial charge on any atom is 0.0603 e. The lowest BCUT2D eigenvalue weighted by molar-refractivity contribution is -0.0867. The predicted octanol–water partition coefficient (Wildman–Crippen LogP) is 2.89. The summed E-state index contributed by atoms with van der Waals surface area (Å²) in [6.07, 6.45) is 8.58. The van der Waals surface area contributed by atoms with Gasteiger partial charge < -0.3 is 9.47 Å². The quantitative estimate of drug-likeness (QED) is 0.729. The van der Waals surface area contributed by atoms with Crippen LogP contribution in [0.5, 0.6) is 0 Å². The predicted molar refractivity (Wildman–Crippen MR) is 59.9 cm³/mol. The molecule has 0 aliphatic heterocycles. The van der Waals surface area contributed by atoms with Gasteiger partial charge in [-0.05, 0) is 38.5 Å². The molecule has 0 heterocycles. The number of halogens is 1. The fourth-order valence-corrected chi connectivity index (χ4v) is 3.16. The number of hydrogen-bond donors (Lipinski definition) is 0. The molecule has 3 heteroatoms. The van der Waals surface area contributed by atoms with Crippen molar-refractivity contribution in [2.45, 2.75) is 61.7 Å². The molecule has 0 amide bonds. The van der Waals surface area contributed by atoms with E-state index in [-0.39, 0.29) is 0 Å². The first-order chi connectivity index (χ1) is 6.78. The Balaban J connectivity index is 1.69. The zero-order valence-electron chi connectivity index (χ0n) is 8.75. The highest BCUT2D eigenvalue weighted by Crippen LogP contribution is 2.33. The lowest BCUT2D eigenvalue weighted by Crippen LogP contribution is -2.37. The summed E-state index contributed by atoms with van der Waals surface area (Å²) < 4.78 is 11.4. The molecule has 0 N–H and O–H groups in total. The highest BCUT2D eigenvalue weighted by atomic mass is 79.9. The molecule has 0 radical (unpaired) electrons. The van der Waals surface area contributed by atoms with Crippen LogP contribution in [0.2, 0.25) is 0 Å². The van der Waals surface area contributed by atoms with Gasteiger partial charge in [0.15, 0.2) is 0 Å². The summed E-state index contributed by atoms with van der Waals surface area (Å²) in [5.74, 6) is 0. The van der Waals surface area contributed by atoms with Gasteiger partial charge in [-0.2, -0.15) is 0 Å². The topological polar surface area (TPSA) is 18.5 Å². The van der Waals surface area contributed by atoms with Crippen molar-refractivity contribution in [2.75, 3.05) is 7.11 Å². The highest BCUT2D eigenvalue weighted by Gasteiger charge is 2.31. The number of ether oxygens (including phenoxy) is 2. The molecule has 2 aliphatic rings. The average molecular weight is 263 g/mol. The Morgan fingerprint density at radius 3 is 2.36 bits per heavy atom. The van der Waals surface area contributed by atoms with Gasteiger partial charge in [0.2, 0.25) is 0 Å². The van der Waals surface area contributed by atoms with Gasteiger partial charge in [-0.25, -0.2) is 0 Å². The third-order valence-electron chi connectivity index (χ3n) is 3.33. The maximum absolute atomic E-state index is 6.02. The van der Waals surface area contributed by atoms with Crippen LogP contribution < -0.4 is 0 Å². The Hall–Kier alpha value is 0.400. The van der Waals surface area contributed by atoms with E-state index in [0.717, 1.165) is 6.42 Å². The van der Waals surface area contributed by atoms with Crippen LogP contribution in [0.15, 0.2) is 0 Å². The van der Waals surface area contributed by atoms with Crippen molar-refractivity contribution in [1.29, 1.82) is 0 Å². The van der Waals surface area contributed by atoms with E-state index in [0.29, 0.717) is 23.1 Å². The van der Waals surface area contributed by atoms with Crippen molar-refractivity contribution in [3.63, 3.8) is 0 Å². The van der Waals surface area contributed by atoms with Crippen molar-refractivity contribution in [3.8, 4) is 0 Å². The van der Waals surface area contributed by atoms with Gasteiger partial charge in [-0.15, -0.1) is 0 Å². The lowest BCUT2D eigenvalue weighted by atomic mass is 9.92. The Bertz CT molecular complexity index is 180. The summed E-state index contributed by atoms with van der Waals surface area (Å²) in [6, 6.07) is 0. The first-order valence-electron chi connectivity index (χ1n) is 5.60. The van der Waals surface area contributed by atoms with Crippen molar-refractivity contribution in [3.05, 3.63) is 0 Å². The van der Waals surface area contributed by atoms with Crippen LogP contribution in [-0.2, 0) is 9.47 Å². The largest absolute Gasteiger partial charge is 0.381 e. The molecule has 2 atom stereocenters. The molecule has 2 saturated carbocycles. The van der Waals surface area contributed by atoms with E-state index in [1.807, 2.05) is 7.11 Å². The molecule has 14 heavy (non-hydrogen) atoms. The van der Waals surface area contributed by atoms with Crippen molar-refractivity contribution in [2.24, 2.45) is 0 Å². The van der Waals surface area contributed by atoms with E-state index in [9.17, 15) is 0 Å². The molecule has 0 bridgehead atoms. The third kappa shape index (κ3) is 2.71. The minimum atomic E-state index is 0.439. The van der Waals surface area contributed by atoms with Gasteiger partial charge in [0, 0.05) is 11.9 Å². The normalized spacial score (nSPS) is 43.3. The molecular formula is C11H19BrO2. The summed E-state index contributed by atoms with van der Waals surface area (Å²) in [4.78, 5) is 0.703. The number of methoxy groups -OCH3 is 1. The zero-order chi connectivity index (χ0) is 9.97. The molecule has 82 valence electrons. The average Bonchev–Trinajstić information content (AvgIpc) is 2.16. The lowest BCUT2D eigenvalue weighted by Gasteiger charge is -2.37. The molecule has 2 nitrogen and oxygen atoms in total. The minimum Gasteiger partial charge on any atom is -0.381 e. The van der Waals surface area contributed by atoms with E-state index in [1.165, 1.54) is 32.1 Å². The van der Waals surface area contributed by atoms with Gasteiger partial charge in [0.1, 0.15) is 0 Å². The van der Waals surface area contributed by atoms with E-state index in [1.54, 1.807) is 0 Å². The van der Waals surface area contributed by atoms with Crippen LogP contribution in [0.3, 0.4) is 0 Å². The van der Waals surface area contributed by atoms with Gasteiger partial charge in [0.25, 0.3) is 0 Å². The Kier molecular flexibility index (Phi) is 3.86. The van der Waals surface area contributed by atoms with Crippen LogP contribution >= 0.6 is 15.9 Å². The SMILES string of the molecule is COC1CCCC(OC2CC(Br)C2)C1. The van der Waals surface area contributed by atoms with Crippen molar-refractivity contribution >= 4 is 15.9 Å². The zero-order valence-corrected chi connectivity index (χ0v) is 10.3. The van der Waals surface area contributed by atoms with Gasteiger partial charge in [-0.3, -0.25) is 0 Å². The molecule has 0 aromatic carbocycles. The van der Waals surface area contributed by atoms with E-state index in [4.69, 9.17) is 9.47 Å². The summed E-state index contributed by atoms with van der Waals surface area (Å²) >= 11 is 3.59. The van der Waals surface area contributed by atoms with E-state index < -0.39 is 0 Å². The van der Waals surface area contributed by atoms with Crippen LogP contribution in [0.4, 0.5) is 0 Å². The fraction of sp³-hybridized carbons (Fsp3) is 1.00. The van der Waals surface area contributed by atoms with Gasteiger partial charge in [0.05, 0.1) is 18.3 Å². The molecule has 2 rings (SSSR count). The second-order valence-electron chi connectivity index (χ2n) is 4.47. The number of alkyl halides is 1. The van der Waals surface area contributed by atoms with Crippen molar-refractivity contribution < 1.29 is 9.47 Å². The standard InChI is InChI=1S/C11H19BrO2/c1-13-9-3-2-4-10(7-9)14-11-5-8(12)6-11/h8-11H,2-7H2,1H3. The summed E-state index contributed by atoms with van der Waals surface area (Å²) in [5, 5.41) is 0. The van der Waals surface area contributed by atoms with Crippen LogP contribution in [0, 0.1) is 0 Å². The Labute approximate surface area is 94.5 Å². The Morgan fingerprint density at radius 1 is 1.00 bits per heavy atom. The molecule has 0 aromatic rings. The van der Waals surface area contributed by atoms with Gasteiger partial charge in [-0.1, -0.05) is 15.9 Å². The molecular weight excluding hydrogens is 244 g/mol. The molecule has 2 aliphatic carbocycles. The van der Waals surface area contributed by atoms with Crippen molar-refractivity contribution in [1.82, 2.24) is 0 Å². The first-order valence-corrected chi connectivity index (χ1v) is 6.52. The van der Waals surface area contributed by atoms with Crippen LogP contribution in [0.25, 0.3) is 0 Å². The number of hydrogen-bond acceptors (Lipinski definition) is 2. The molecule has 0 aromatic heterocycles. The smallest absolute Gasteiger partial charge is 0.0603 e. The van der Waals surface area contributed by atoms with Crippen LogP contribution in [-0.4, -0.2) is 30.2 Å². The number of rotatable bonds is 3. The summed E-state index contributed by atoms with van der Waals surface area (Å²) in [6.45, 7) is 0. The van der Waals surface area contributed by atoms with E-state index >= 15 is 0 Å². The molecule has 2 unspecified atom stereocenters. The first kappa shape index (κ1) is 10.9. The molecule has 0 saturated heterocycles. The summed E-state index contributed by atoms with van der Waals surface area (Å²) in [5.41, 5.74) is 0. The third-order valence-corrected chi connectivity index (χ3v) is 4.08. The van der Waals surface area contributed by atoms with Gasteiger partial charge >= 0.3 is 0 Å². The minimum absolute atomic E-state index is 0.439. The molecule has 0 spiro atoms. The monoisotopic (exact) mass is 262 g/mol. The highest BCUT2D eigenvalue weighted by molar-refractivity contribution is 9.09. The Morgan fingerprint density at radius 2 is 1.71 bits per heavy atom. The molecule has 2 fully saturated rings.